The van der Waals surface area contributed by atoms with Crippen molar-refractivity contribution in [3.8, 4) is 11.3 Å². The van der Waals surface area contributed by atoms with Crippen molar-refractivity contribution in [2.45, 2.75) is 43.9 Å². The molecule has 3 heteroatoms. The zero-order chi connectivity index (χ0) is 24.5. The van der Waals surface area contributed by atoms with Crippen LogP contribution in [-0.4, -0.2) is 13.1 Å². The third-order valence-corrected chi connectivity index (χ3v) is 11.2. The first-order valence-corrected chi connectivity index (χ1v) is 16.1. The fourth-order valence-electron chi connectivity index (χ4n) is 5.82. The highest BCUT2D eigenvalue weighted by Gasteiger charge is 2.29. The van der Waals surface area contributed by atoms with Gasteiger partial charge in [0, 0.05) is 32.0 Å². The number of nitrogens with zero attached hydrogens (tertiary/aromatic N) is 1. The second kappa shape index (κ2) is 7.79. The molecule has 2 nitrogen and oxygen atoms in total. The van der Waals surface area contributed by atoms with Gasteiger partial charge in [-0.3, -0.25) is 4.98 Å². The van der Waals surface area contributed by atoms with Gasteiger partial charge in [0.1, 0.15) is 11.2 Å². The number of rotatable bonds is 2. The van der Waals surface area contributed by atoms with Gasteiger partial charge in [0.15, 0.2) is 0 Å². The van der Waals surface area contributed by atoms with Crippen LogP contribution >= 0.6 is 0 Å². The number of furan rings is 1. The largest absolute Gasteiger partial charge is 0.455 e. The molecule has 0 spiro atoms. The quantitative estimate of drug-likeness (QED) is 0.185. The predicted octanol–water partition coefficient (Wildman–Crippen LogP) is 9.54. The van der Waals surface area contributed by atoms with Crippen LogP contribution in [-0.2, 0) is 0 Å². The van der Waals surface area contributed by atoms with Crippen LogP contribution in [0.5, 0.6) is 0 Å². The summed E-state index contributed by atoms with van der Waals surface area (Å²) >= 11 is 0. The van der Waals surface area contributed by atoms with E-state index in [0.29, 0.717) is 0 Å². The number of hydrogen-bond acceptors (Lipinski definition) is 2. The van der Waals surface area contributed by atoms with Crippen LogP contribution < -0.4 is 0 Å². The summed E-state index contributed by atoms with van der Waals surface area (Å²) in [5, 5.41) is 7.14. The maximum atomic E-state index is 9.27. The Kier molecular flexibility index (Phi) is 4.41. The second-order valence-corrected chi connectivity index (χ2v) is 16.2. The Labute approximate surface area is 208 Å². The standard InChI is InChI=1S/C32H29NOSi/c1-35(2)16-13-21(14-17-35)23-12-15-33-30(19-23)27-9-5-8-26-29-18-24-11-10-22-6-3-4-7-25(22)28(24)20-31(29)34-32(26)27/h3-12,15,18-21H,13-14,16-17H2,1-2H3/i21D. The molecule has 3 heterocycles. The van der Waals surface area contributed by atoms with Gasteiger partial charge < -0.3 is 4.42 Å². The molecule has 2 aromatic heterocycles. The topological polar surface area (TPSA) is 26.0 Å². The minimum Gasteiger partial charge on any atom is -0.455 e. The minimum atomic E-state index is -1.13. The third-order valence-electron chi connectivity index (χ3n) is 8.01. The van der Waals surface area contributed by atoms with E-state index in [4.69, 9.17) is 9.40 Å². The summed E-state index contributed by atoms with van der Waals surface area (Å²) in [6.45, 7) is 4.91. The number of hydrogen-bond donors (Lipinski definition) is 0. The Balaban J connectivity index is 1.39. The van der Waals surface area contributed by atoms with Crippen molar-refractivity contribution in [3.63, 3.8) is 0 Å². The third kappa shape index (κ3) is 3.49. The lowest BCUT2D eigenvalue weighted by Crippen LogP contribution is -2.30. The molecule has 7 rings (SSSR count). The van der Waals surface area contributed by atoms with Gasteiger partial charge in [0.2, 0.25) is 0 Å². The Morgan fingerprint density at radius 2 is 1.60 bits per heavy atom. The lowest BCUT2D eigenvalue weighted by atomic mass is 9.92. The van der Waals surface area contributed by atoms with Gasteiger partial charge in [-0.05, 0) is 76.2 Å². The molecule has 6 aromatic rings. The molecular weight excluding hydrogens is 442 g/mol. The van der Waals surface area contributed by atoms with Crippen molar-refractivity contribution in [1.29, 1.82) is 0 Å². The molecule has 0 unspecified atom stereocenters. The van der Waals surface area contributed by atoms with Crippen molar-refractivity contribution >= 4 is 51.6 Å². The monoisotopic (exact) mass is 472 g/mol. The van der Waals surface area contributed by atoms with E-state index in [2.05, 4.69) is 85.9 Å². The van der Waals surface area contributed by atoms with Crippen LogP contribution in [0.1, 0.15) is 25.7 Å². The highest BCUT2D eigenvalue weighted by molar-refractivity contribution is 6.77. The zero-order valence-electron chi connectivity index (χ0n) is 21.3. The summed E-state index contributed by atoms with van der Waals surface area (Å²) in [7, 11) is -1.13. The van der Waals surface area contributed by atoms with Crippen molar-refractivity contribution in [3.05, 3.63) is 90.6 Å². The van der Waals surface area contributed by atoms with E-state index in [1.807, 2.05) is 12.3 Å². The predicted molar refractivity (Wildman–Crippen MR) is 151 cm³/mol. The van der Waals surface area contributed by atoms with E-state index in [-0.39, 0.29) is 0 Å². The zero-order valence-corrected chi connectivity index (χ0v) is 21.3. The molecule has 1 aliphatic heterocycles. The molecule has 1 aliphatic rings. The Bertz CT molecular complexity index is 1790. The molecule has 4 aromatic carbocycles. The molecule has 0 radical (unpaired) electrons. The summed E-state index contributed by atoms with van der Waals surface area (Å²) in [5.41, 5.74) is 4.73. The second-order valence-electron chi connectivity index (χ2n) is 10.8. The highest BCUT2D eigenvalue weighted by atomic mass is 28.3. The number of para-hydroxylation sites is 1. The molecule has 1 fully saturated rings. The fraction of sp³-hybridized carbons (Fsp3) is 0.219. The molecular formula is C32H29NOSi. The lowest BCUT2D eigenvalue weighted by Gasteiger charge is -2.33. The number of fused-ring (bicyclic) bond motifs is 6. The van der Waals surface area contributed by atoms with Crippen LogP contribution in [0.15, 0.2) is 89.5 Å². The van der Waals surface area contributed by atoms with Crippen LogP contribution in [0.3, 0.4) is 0 Å². The molecule has 0 saturated carbocycles. The summed E-state index contributed by atoms with van der Waals surface area (Å²) in [6, 6.07) is 30.3. The normalized spacial score (nSPS) is 17.8. The average molecular weight is 473 g/mol. The molecule has 0 N–H and O–H groups in total. The molecule has 0 aliphatic carbocycles. The van der Waals surface area contributed by atoms with Gasteiger partial charge in [-0.25, -0.2) is 0 Å². The molecule has 1 saturated heterocycles. The van der Waals surface area contributed by atoms with Crippen molar-refractivity contribution in [2.24, 2.45) is 0 Å². The van der Waals surface area contributed by atoms with Gasteiger partial charge in [0.25, 0.3) is 0 Å². The summed E-state index contributed by atoms with van der Waals surface area (Å²) in [6.07, 6.45) is 3.77. The number of aromatic nitrogens is 1. The number of benzene rings is 4. The molecule has 172 valence electrons. The van der Waals surface area contributed by atoms with E-state index in [0.717, 1.165) is 51.6 Å². The lowest BCUT2D eigenvalue weighted by molar-refractivity contribution is 0.601. The summed E-state index contributed by atoms with van der Waals surface area (Å²) in [4.78, 5) is 4.75. The van der Waals surface area contributed by atoms with Gasteiger partial charge >= 0.3 is 0 Å². The molecule has 0 amide bonds. The Hall–Kier alpha value is -3.43. The first kappa shape index (κ1) is 19.8. The van der Waals surface area contributed by atoms with Gasteiger partial charge in [-0.15, -0.1) is 0 Å². The van der Waals surface area contributed by atoms with Crippen LogP contribution in [0.25, 0.3) is 54.7 Å². The van der Waals surface area contributed by atoms with Crippen molar-refractivity contribution in [2.75, 3.05) is 0 Å². The van der Waals surface area contributed by atoms with Crippen molar-refractivity contribution in [1.82, 2.24) is 4.98 Å². The summed E-state index contributed by atoms with van der Waals surface area (Å²) in [5.74, 6) is -0.513. The van der Waals surface area contributed by atoms with E-state index >= 15 is 0 Å². The smallest absolute Gasteiger partial charge is 0.144 e. The first-order chi connectivity index (χ1) is 17.4. The average Bonchev–Trinajstić information content (AvgIpc) is 3.27. The van der Waals surface area contributed by atoms with Gasteiger partial charge in [0.05, 0.1) is 5.69 Å². The fourth-order valence-corrected chi connectivity index (χ4v) is 8.02. The van der Waals surface area contributed by atoms with Gasteiger partial charge in [-0.1, -0.05) is 73.7 Å². The first-order valence-electron chi connectivity index (χ1n) is 13.1. The van der Waals surface area contributed by atoms with E-state index in [9.17, 15) is 1.37 Å². The van der Waals surface area contributed by atoms with Gasteiger partial charge in [-0.2, -0.15) is 0 Å². The molecule has 0 atom stereocenters. The minimum absolute atomic E-state index is 0.513. The Morgan fingerprint density at radius 3 is 2.49 bits per heavy atom. The summed E-state index contributed by atoms with van der Waals surface area (Å²) < 4.78 is 15.8. The van der Waals surface area contributed by atoms with Crippen LogP contribution in [0.4, 0.5) is 0 Å². The maximum absolute atomic E-state index is 9.27. The molecule has 0 bridgehead atoms. The molecule has 35 heavy (non-hydrogen) atoms. The maximum Gasteiger partial charge on any atom is 0.144 e. The van der Waals surface area contributed by atoms with E-state index in [1.165, 1.54) is 33.6 Å². The van der Waals surface area contributed by atoms with Crippen LogP contribution in [0.2, 0.25) is 25.2 Å². The SMILES string of the molecule is [2H]C1(c2ccnc(-c3cccc4c3oc3cc5c(ccc6ccccc65)cc34)c2)CC[Si](C)(C)CC1. The van der Waals surface area contributed by atoms with Crippen LogP contribution in [0, 0.1) is 0 Å². The Morgan fingerprint density at radius 1 is 0.800 bits per heavy atom. The van der Waals surface area contributed by atoms with E-state index in [1.54, 1.807) is 0 Å². The van der Waals surface area contributed by atoms with Crippen molar-refractivity contribution < 1.29 is 5.79 Å². The van der Waals surface area contributed by atoms with E-state index < -0.39 is 14.0 Å². The number of pyridine rings is 1. The highest BCUT2D eigenvalue weighted by Crippen LogP contribution is 2.41.